The summed E-state index contributed by atoms with van der Waals surface area (Å²) >= 11 is 0. The summed E-state index contributed by atoms with van der Waals surface area (Å²) in [5.74, 6) is -5.39. The lowest BCUT2D eigenvalue weighted by Gasteiger charge is -2.12. The fourth-order valence-electron chi connectivity index (χ4n) is 4.72. The summed E-state index contributed by atoms with van der Waals surface area (Å²) < 4.78 is 91.5. The van der Waals surface area contributed by atoms with Gasteiger partial charge in [-0.15, -0.1) is 0 Å². The first-order valence-electron chi connectivity index (χ1n) is 12.7. The van der Waals surface area contributed by atoms with Crippen molar-refractivity contribution in [1.29, 1.82) is 0 Å². The van der Waals surface area contributed by atoms with Crippen molar-refractivity contribution in [2.45, 2.75) is 41.8 Å². The van der Waals surface area contributed by atoms with E-state index >= 15 is 0 Å². The molecule has 4 heterocycles. The number of nitrogens with zero attached hydrogens (tertiary/aromatic N) is 3. The van der Waals surface area contributed by atoms with Crippen LogP contribution in [-0.2, 0) is 27.7 Å². The Morgan fingerprint density at radius 3 is 2.62 bits per heavy atom. The van der Waals surface area contributed by atoms with Crippen molar-refractivity contribution in [2.75, 3.05) is 13.7 Å². The van der Waals surface area contributed by atoms with E-state index in [1.165, 1.54) is 13.3 Å². The van der Waals surface area contributed by atoms with Gasteiger partial charge < -0.3 is 14.8 Å². The summed E-state index contributed by atoms with van der Waals surface area (Å²) in [5, 5.41) is 3.21. The number of benzene rings is 1. The number of fused-ring (bicyclic) bond motifs is 2. The Morgan fingerprint density at radius 1 is 1.14 bits per heavy atom. The predicted molar refractivity (Wildman–Crippen MR) is 141 cm³/mol. The van der Waals surface area contributed by atoms with Gasteiger partial charge in [-0.3, -0.25) is 9.78 Å². The molecule has 3 aromatic heterocycles. The molecule has 1 aromatic carbocycles. The Hall–Kier alpha value is -4.17. The van der Waals surface area contributed by atoms with Crippen LogP contribution in [0.5, 0.6) is 5.75 Å². The fraction of sp³-hybridized carbons (Fsp3) is 0.286. The number of methoxy groups -OCH3 is 1. The Labute approximate surface area is 236 Å². The molecule has 1 N–H and O–H groups in total. The van der Waals surface area contributed by atoms with Crippen LogP contribution in [0.25, 0.3) is 22.3 Å². The van der Waals surface area contributed by atoms with Gasteiger partial charge in [0.05, 0.1) is 66.0 Å². The molecule has 6 rings (SSSR count). The molecule has 0 saturated heterocycles. The summed E-state index contributed by atoms with van der Waals surface area (Å²) in [4.78, 5) is 25.5. The van der Waals surface area contributed by atoms with E-state index in [1.807, 2.05) is 0 Å². The molecular formula is C28H22F4N4O5S. The van der Waals surface area contributed by atoms with E-state index in [-0.39, 0.29) is 35.5 Å². The smallest absolute Gasteiger partial charge is 0.257 e. The van der Waals surface area contributed by atoms with Gasteiger partial charge >= 0.3 is 0 Å². The zero-order chi connectivity index (χ0) is 29.8. The van der Waals surface area contributed by atoms with Crippen molar-refractivity contribution in [2.24, 2.45) is 0 Å². The third-order valence-corrected chi connectivity index (χ3v) is 8.93. The number of hydrogen-bond donors (Lipinski definition) is 1. The number of aromatic nitrogens is 3. The van der Waals surface area contributed by atoms with Crippen LogP contribution in [0.3, 0.4) is 0 Å². The quantitative estimate of drug-likeness (QED) is 0.321. The largest absolute Gasteiger partial charge is 0.495 e. The Kier molecular flexibility index (Phi) is 6.84. The van der Waals surface area contributed by atoms with Crippen LogP contribution in [-0.4, -0.2) is 54.4 Å². The van der Waals surface area contributed by atoms with Crippen molar-refractivity contribution in [3.8, 4) is 17.1 Å². The van der Waals surface area contributed by atoms with E-state index in [2.05, 4.69) is 20.3 Å². The molecule has 0 bridgehead atoms. The van der Waals surface area contributed by atoms with Gasteiger partial charge in [0.2, 0.25) is 15.3 Å². The third kappa shape index (κ3) is 5.04. The molecule has 4 aromatic rings. The number of carbonyl (C=O) groups is 1. The number of carbonyl (C=O) groups excluding carboxylic acids is 1. The predicted octanol–water partition coefficient (Wildman–Crippen LogP) is 4.49. The summed E-state index contributed by atoms with van der Waals surface area (Å²) in [5.41, 5.74) is -1.21. The number of sulfone groups is 1. The van der Waals surface area contributed by atoms with E-state index < -0.39 is 57.0 Å². The second-order valence-corrected chi connectivity index (χ2v) is 12.0. The summed E-state index contributed by atoms with van der Waals surface area (Å²) in [6, 6.07) is 10.0. The molecular weight excluding hydrogens is 580 g/mol. The number of hydrogen-bond acceptors (Lipinski definition) is 8. The number of alkyl halides is 3. The third-order valence-electron chi connectivity index (χ3n) is 7.14. The van der Waals surface area contributed by atoms with Crippen molar-refractivity contribution >= 4 is 26.6 Å². The molecule has 1 saturated carbocycles. The molecule has 42 heavy (non-hydrogen) atoms. The maximum Gasteiger partial charge on any atom is 0.257 e. The number of nitrogens with one attached hydrogen (secondary N) is 1. The Morgan fingerprint density at radius 2 is 1.88 bits per heavy atom. The number of halogens is 4. The van der Waals surface area contributed by atoms with Crippen LogP contribution < -0.4 is 10.1 Å². The van der Waals surface area contributed by atoms with Crippen molar-refractivity contribution in [3.05, 3.63) is 77.0 Å². The molecule has 2 aliphatic rings. The minimum atomic E-state index is -4.55. The summed E-state index contributed by atoms with van der Waals surface area (Å²) in [7, 11) is -3.16. The fourth-order valence-corrected chi connectivity index (χ4v) is 6.07. The van der Waals surface area contributed by atoms with Gasteiger partial charge in [-0.25, -0.2) is 35.9 Å². The van der Waals surface area contributed by atoms with E-state index in [0.29, 0.717) is 28.0 Å². The second kappa shape index (κ2) is 10.3. The summed E-state index contributed by atoms with van der Waals surface area (Å²) in [6.45, 7) is -1.31. The standard InChI is InChI=1S/C28H22F4N4O5S/c1-40-23-5-4-21(36-26(23)18-9-28(18,31)32)20-3-2-14-10-33-16(8-22(14)35-20)11-34-27(37)15-6-19(29)17-12-41-13-25(30)42(38,39)24(17)7-15/h2-8,10,18,25H,9,11-13H2,1H3,(H,34,37)/t18-,25+/m0/s1. The Bertz CT molecular complexity index is 1850. The second-order valence-electron chi connectivity index (χ2n) is 9.95. The molecule has 0 radical (unpaired) electrons. The molecule has 0 unspecified atom stereocenters. The van der Waals surface area contributed by atoms with Crippen LogP contribution in [0.4, 0.5) is 17.6 Å². The first kappa shape index (κ1) is 28.0. The van der Waals surface area contributed by atoms with Gasteiger partial charge in [0.25, 0.3) is 11.8 Å². The van der Waals surface area contributed by atoms with E-state index in [4.69, 9.17) is 9.47 Å². The maximum atomic E-state index is 14.7. The molecule has 9 nitrogen and oxygen atoms in total. The van der Waals surface area contributed by atoms with E-state index in [1.54, 1.807) is 30.3 Å². The molecule has 218 valence electrons. The van der Waals surface area contributed by atoms with Gasteiger partial charge in [-0.05, 0) is 42.5 Å². The molecule has 2 atom stereocenters. The minimum Gasteiger partial charge on any atom is -0.495 e. The lowest BCUT2D eigenvalue weighted by molar-refractivity contribution is 0.0938. The lowest BCUT2D eigenvalue weighted by Crippen LogP contribution is -2.25. The average molecular weight is 603 g/mol. The highest BCUT2D eigenvalue weighted by atomic mass is 32.2. The number of ether oxygens (including phenoxy) is 2. The van der Waals surface area contributed by atoms with E-state index in [0.717, 1.165) is 12.1 Å². The van der Waals surface area contributed by atoms with Crippen LogP contribution >= 0.6 is 0 Å². The summed E-state index contributed by atoms with van der Waals surface area (Å²) in [6.07, 6.45) is 1.23. The molecule has 1 aliphatic heterocycles. The van der Waals surface area contributed by atoms with Crippen LogP contribution in [0.1, 0.15) is 39.6 Å². The first-order valence-corrected chi connectivity index (χ1v) is 14.3. The van der Waals surface area contributed by atoms with Gasteiger partial charge in [0.1, 0.15) is 11.6 Å². The highest BCUT2D eigenvalue weighted by Gasteiger charge is 2.59. The van der Waals surface area contributed by atoms with Crippen molar-refractivity contribution in [1.82, 2.24) is 20.3 Å². The molecule has 0 spiro atoms. The van der Waals surface area contributed by atoms with E-state index in [9.17, 15) is 30.8 Å². The topological polar surface area (TPSA) is 120 Å². The van der Waals surface area contributed by atoms with Crippen LogP contribution in [0, 0.1) is 5.82 Å². The lowest BCUT2D eigenvalue weighted by atomic mass is 10.1. The SMILES string of the molecule is COc1ccc(-c2ccc3cnc(CNC(=O)c4cc(F)c5c(c4)S(=O)(=O)[C@@H](F)COC5)cc3n2)nc1[C@@H]1CC1(F)F. The highest BCUT2D eigenvalue weighted by molar-refractivity contribution is 7.92. The van der Waals surface area contributed by atoms with Crippen molar-refractivity contribution in [3.63, 3.8) is 0 Å². The van der Waals surface area contributed by atoms with Gasteiger partial charge in [0, 0.05) is 29.1 Å². The zero-order valence-electron chi connectivity index (χ0n) is 21.9. The number of pyridine rings is 3. The first-order chi connectivity index (χ1) is 20.0. The van der Waals surface area contributed by atoms with Crippen LogP contribution in [0.2, 0.25) is 0 Å². The normalized spacial score (nSPS) is 20.4. The Balaban J connectivity index is 1.24. The molecule has 1 aliphatic carbocycles. The van der Waals surface area contributed by atoms with Crippen molar-refractivity contribution < 1.29 is 40.2 Å². The van der Waals surface area contributed by atoms with Gasteiger partial charge in [0.15, 0.2) is 0 Å². The molecule has 1 amide bonds. The number of rotatable bonds is 6. The zero-order valence-corrected chi connectivity index (χ0v) is 22.7. The average Bonchev–Trinajstić information content (AvgIpc) is 3.64. The highest BCUT2D eigenvalue weighted by Crippen LogP contribution is 2.57. The van der Waals surface area contributed by atoms with Crippen LogP contribution in [0.15, 0.2) is 53.6 Å². The van der Waals surface area contributed by atoms with Gasteiger partial charge in [-0.1, -0.05) is 0 Å². The van der Waals surface area contributed by atoms with Gasteiger partial charge in [-0.2, -0.15) is 0 Å². The number of amides is 1. The molecule has 14 heteroatoms. The maximum absolute atomic E-state index is 14.7. The monoisotopic (exact) mass is 602 g/mol. The molecule has 1 fully saturated rings. The minimum absolute atomic E-state index is 0.122.